The van der Waals surface area contributed by atoms with Crippen molar-refractivity contribution < 1.29 is 14.6 Å². The molecule has 0 aromatic carbocycles. The van der Waals surface area contributed by atoms with E-state index in [-0.39, 0.29) is 5.91 Å². The maximum Gasteiger partial charge on any atom is 0.265 e. The third-order valence-corrected chi connectivity index (χ3v) is 5.81. The van der Waals surface area contributed by atoms with Crippen molar-refractivity contribution in [1.29, 1.82) is 0 Å². The van der Waals surface area contributed by atoms with Crippen LogP contribution in [0.25, 0.3) is 0 Å². The van der Waals surface area contributed by atoms with Crippen molar-refractivity contribution in [3.05, 3.63) is 10.6 Å². The molecule has 3 heterocycles. The lowest BCUT2D eigenvalue weighted by molar-refractivity contribution is -0.0389. The number of morpholine rings is 1. The van der Waals surface area contributed by atoms with E-state index in [0.29, 0.717) is 41.8 Å². The van der Waals surface area contributed by atoms with Crippen LogP contribution in [0.15, 0.2) is 0 Å². The molecule has 2 fully saturated rings. The predicted octanol–water partition coefficient (Wildman–Crippen LogP) is 0.723. The van der Waals surface area contributed by atoms with Gasteiger partial charge in [-0.2, -0.15) is 0 Å². The lowest BCUT2D eigenvalue weighted by Gasteiger charge is -2.35. The van der Waals surface area contributed by atoms with Gasteiger partial charge in [0, 0.05) is 32.7 Å². The molecule has 24 heavy (non-hydrogen) atoms. The summed E-state index contributed by atoms with van der Waals surface area (Å²) < 4.78 is 5.37. The van der Waals surface area contributed by atoms with E-state index in [2.05, 4.69) is 9.88 Å². The van der Waals surface area contributed by atoms with Gasteiger partial charge in [0.15, 0.2) is 5.13 Å². The molecule has 0 saturated carbocycles. The second-order valence-electron chi connectivity index (χ2n) is 6.73. The van der Waals surface area contributed by atoms with Gasteiger partial charge in [0.1, 0.15) is 4.88 Å². The molecule has 2 aliphatic heterocycles. The molecule has 1 atom stereocenters. The molecule has 0 bridgehead atoms. The van der Waals surface area contributed by atoms with Gasteiger partial charge in [-0.25, -0.2) is 4.98 Å². The van der Waals surface area contributed by atoms with Crippen molar-refractivity contribution in [3.8, 4) is 0 Å². The Morgan fingerprint density at radius 2 is 2.08 bits per heavy atom. The topological polar surface area (TPSA) is 91.9 Å². The summed E-state index contributed by atoms with van der Waals surface area (Å²) in [4.78, 5) is 21.6. The van der Waals surface area contributed by atoms with Crippen LogP contribution >= 0.6 is 11.3 Å². The number of amides is 1. The second-order valence-corrected chi connectivity index (χ2v) is 7.76. The standard InChI is InChI=1S/C16H26N4O3S/c1-12-13(24-15(17)18-12)14(21)20-5-2-3-16(22,4-6-20)11-19-7-9-23-10-8-19/h22H,2-11H2,1H3,(H2,17,18)/t16-/m0/s1. The number of likely N-dealkylation sites (tertiary alicyclic amines) is 1. The lowest BCUT2D eigenvalue weighted by Crippen LogP contribution is -2.48. The minimum absolute atomic E-state index is 0.0164. The summed E-state index contributed by atoms with van der Waals surface area (Å²) in [6, 6.07) is 0. The van der Waals surface area contributed by atoms with Crippen LogP contribution < -0.4 is 5.73 Å². The number of rotatable bonds is 3. The maximum atomic E-state index is 12.7. The number of aromatic nitrogens is 1. The number of nitrogens with zero attached hydrogens (tertiary/aromatic N) is 3. The molecule has 2 saturated heterocycles. The number of β-amino-alcohol motifs (C(OH)–C–C–N with tert-alkyl or cyclic N) is 1. The Kier molecular flexibility index (Phi) is 5.39. The molecular formula is C16H26N4O3S. The van der Waals surface area contributed by atoms with E-state index in [1.165, 1.54) is 11.3 Å². The highest BCUT2D eigenvalue weighted by Crippen LogP contribution is 2.27. The van der Waals surface area contributed by atoms with Crippen molar-refractivity contribution in [1.82, 2.24) is 14.8 Å². The zero-order valence-electron chi connectivity index (χ0n) is 14.2. The summed E-state index contributed by atoms with van der Waals surface area (Å²) in [5, 5.41) is 11.4. The Morgan fingerprint density at radius 1 is 1.33 bits per heavy atom. The summed E-state index contributed by atoms with van der Waals surface area (Å²) in [6.45, 7) is 6.89. The number of hydrogen-bond donors (Lipinski definition) is 2. The Morgan fingerprint density at radius 3 is 2.75 bits per heavy atom. The van der Waals surface area contributed by atoms with Crippen LogP contribution in [0.5, 0.6) is 0 Å². The van der Waals surface area contributed by atoms with Crippen LogP contribution in [0.3, 0.4) is 0 Å². The third kappa shape index (κ3) is 4.05. The van der Waals surface area contributed by atoms with Crippen molar-refractivity contribution in [2.45, 2.75) is 31.8 Å². The molecule has 8 heteroatoms. The Balaban J connectivity index is 1.61. The Hall–Kier alpha value is -1.22. The first-order valence-corrected chi connectivity index (χ1v) is 9.33. The molecule has 2 aliphatic rings. The Labute approximate surface area is 146 Å². The maximum absolute atomic E-state index is 12.7. The summed E-state index contributed by atoms with van der Waals surface area (Å²) in [5.74, 6) is -0.0164. The number of thiazole rings is 1. The van der Waals surface area contributed by atoms with Gasteiger partial charge >= 0.3 is 0 Å². The summed E-state index contributed by atoms with van der Waals surface area (Å²) >= 11 is 1.24. The molecule has 3 N–H and O–H groups in total. The fourth-order valence-electron chi connectivity index (χ4n) is 3.47. The van der Waals surface area contributed by atoms with Crippen molar-refractivity contribution >= 4 is 22.4 Å². The van der Waals surface area contributed by atoms with E-state index >= 15 is 0 Å². The number of nitrogen functional groups attached to an aromatic ring is 1. The van der Waals surface area contributed by atoms with Crippen LogP contribution in [0.2, 0.25) is 0 Å². The first-order chi connectivity index (χ1) is 11.5. The summed E-state index contributed by atoms with van der Waals surface area (Å²) in [6.07, 6.45) is 2.13. The van der Waals surface area contributed by atoms with Gasteiger partial charge in [0.25, 0.3) is 5.91 Å². The molecule has 134 valence electrons. The van der Waals surface area contributed by atoms with Gasteiger partial charge < -0.3 is 20.5 Å². The quantitative estimate of drug-likeness (QED) is 0.831. The van der Waals surface area contributed by atoms with Crippen molar-refractivity contribution in [2.75, 3.05) is 51.7 Å². The fraction of sp³-hybridized carbons (Fsp3) is 0.750. The highest BCUT2D eigenvalue weighted by atomic mass is 32.1. The van der Waals surface area contributed by atoms with Crippen LogP contribution in [0.1, 0.15) is 34.6 Å². The molecule has 7 nitrogen and oxygen atoms in total. The number of ether oxygens (including phenoxy) is 1. The van der Waals surface area contributed by atoms with Gasteiger partial charge in [0.05, 0.1) is 24.5 Å². The first kappa shape index (κ1) is 17.6. The van der Waals surface area contributed by atoms with E-state index < -0.39 is 5.60 Å². The molecule has 1 aromatic heterocycles. The monoisotopic (exact) mass is 354 g/mol. The minimum atomic E-state index is -0.728. The molecule has 1 amide bonds. The van der Waals surface area contributed by atoms with Crippen molar-refractivity contribution in [3.63, 3.8) is 0 Å². The zero-order valence-corrected chi connectivity index (χ0v) is 15.0. The van der Waals surface area contributed by atoms with Crippen LogP contribution in [0.4, 0.5) is 5.13 Å². The minimum Gasteiger partial charge on any atom is -0.388 e. The SMILES string of the molecule is Cc1nc(N)sc1C(=O)N1CCC[C@@](O)(CN2CCOCC2)CC1. The summed E-state index contributed by atoms with van der Waals surface area (Å²) in [7, 11) is 0. The zero-order chi connectivity index (χ0) is 17.2. The average Bonchev–Trinajstić information content (AvgIpc) is 2.77. The predicted molar refractivity (Wildman–Crippen MR) is 93.2 cm³/mol. The largest absolute Gasteiger partial charge is 0.388 e. The summed E-state index contributed by atoms with van der Waals surface area (Å²) in [5.41, 5.74) is 5.67. The number of carbonyl (C=O) groups is 1. The number of hydrogen-bond acceptors (Lipinski definition) is 7. The van der Waals surface area contributed by atoms with E-state index in [9.17, 15) is 9.90 Å². The highest BCUT2D eigenvalue weighted by molar-refractivity contribution is 7.17. The van der Waals surface area contributed by atoms with Crippen LogP contribution in [-0.2, 0) is 4.74 Å². The fourth-order valence-corrected chi connectivity index (χ4v) is 4.28. The number of carbonyl (C=O) groups excluding carboxylic acids is 1. The van der Waals surface area contributed by atoms with Gasteiger partial charge in [-0.3, -0.25) is 9.69 Å². The number of aryl methyl sites for hydroxylation is 1. The average molecular weight is 354 g/mol. The third-order valence-electron chi connectivity index (χ3n) is 4.83. The van der Waals surface area contributed by atoms with Crippen molar-refractivity contribution in [2.24, 2.45) is 0 Å². The van der Waals surface area contributed by atoms with Gasteiger partial charge in [-0.15, -0.1) is 0 Å². The normalized spacial score (nSPS) is 26.3. The molecular weight excluding hydrogens is 328 g/mol. The number of aliphatic hydroxyl groups is 1. The molecule has 0 aliphatic carbocycles. The van der Waals surface area contributed by atoms with Gasteiger partial charge in [-0.05, 0) is 26.2 Å². The molecule has 1 aromatic rings. The Bertz CT molecular complexity index is 588. The van der Waals surface area contributed by atoms with Gasteiger partial charge in [-0.1, -0.05) is 11.3 Å². The van der Waals surface area contributed by atoms with E-state index in [1.807, 2.05) is 11.8 Å². The van der Waals surface area contributed by atoms with Crippen LogP contribution in [0, 0.1) is 6.92 Å². The number of nitrogens with two attached hydrogens (primary N) is 1. The van der Waals surface area contributed by atoms with E-state index in [4.69, 9.17) is 10.5 Å². The van der Waals surface area contributed by atoms with Crippen LogP contribution in [-0.4, -0.2) is 77.3 Å². The smallest absolute Gasteiger partial charge is 0.265 e. The molecule has 3 rings (SSSR count). The van der Waals surface area contributed by atoms with E-state index in [1.54, 1.807) is 0 Å². The molecule has 0 spiro atoms. The number of anilines is 1. The second kappa shape index (κ2) is 7.35. The molecule has 0 radical (unpaired) electrons. The first-order valence-electron chi connectivity index (χ1n) is 8.51. The molecule has 0 unspecified atom stereocenters. The highest BCUT2D eigenvalue weighted by Gasteiger charge is 2.34. The van der Waals surface area contributed by atoms with Gasteiger partial charge in [0.2, 0.25) is 0 Å². The lowest BCUT2D eigenvalue weighted by atomic mass is 9.94. The van der Waals surface area contributed by atoms with E-state index in [0.717, 1.165) is 39.1 Å².